The van der Waals surface area contributed by atoms with Crippen molar-refractivity contribution in [3.05, 3.63) is 340 Å². The third-order valence-electron chi connectivity index (χ3n) is 20.0. The molecule has 0 amide bonds. The molecule has 6 nitrogen and oxygen atoms in total. The molecule has 0 saturated carbocycles. The molecule has 0 atom stereocenters. The number of fused-ring (bicyclic) bond motifs is 15. The van der Waals surface area contributed by atoms with Crippen molar-refractivity contribution >= 4 is 109 Å². The molecule has 446 valence electrons. The SMILES string of the molecule is c1ccc(-c2cccc(-c3ccccc3)c2-c2cc(-n3c4ccccc4c4cc(-c5ccc6c(c5)c5ccccc5n6-c5ccccc5)ccc43)nc3c2ccc2ccc(-n4c5ccccc5c5cc(-c6ccc7c(c6)c6ccccc6n7-c6ccccc6)ccc54)nc23)cc1. The molecule has 0 saturated heterocycles. The van der Waals surface area contributed by atoms with E-state index in [9.17, 15) is 0 Å². The second-order valence-corrected chi connectivity index (χ2v) is 25.2. The molecule has 14 aromatic carbocycles. The fourth-order valence-corrected chi connectivity index (χ4v) is 15.7. The van der Waals surface area contributed by atoms with Gasteiger partial charge in [-0.2, -0.15) is 0 Å². The topological polar surface area (TPSA) is 45.5 Å². The van der Waals surface area contributed by atoms with Crippen LogP contribution in [0, 0.1) is 0 Å². The zero-order valence-corrected chi connectivity index (χ0v) is 52.0. The highest BCUT2D eigenvalue weighted by atomic mass is 15.1. The van der Waals surface area contributed by atoms with Crippen LogP contribution in [0.3, 0.4) is 0 Å². The average Bonchev–Trinajstić information content (AvgIpc) is 1.17. The molecular formula is C90H56N6. The molecule has 20 rings (SSSR count). The first-order chi connectivity index (χ1) is 47.6. The van der Waals surface area contributed by atoms with Crippen molar-refractivity contribution in [3.8, 4) is 78.6 Å². The summed E-state index contributed by atoms with van der Waals surface area (Å²) in [6, 6.07) is 124. The van der Waals surface area contributed by atoms with E-state index in [1.165, 1.54) is 49.2 Å². The fraction of sp³-hybridized carbons (Fsp3) is 0. The van der Waals surface area contributed by atoms with Crippen LogP contribution in [0.25, 0.3) is 188 Å². The standard InChI is InChI=1S/C90H56N6/c1-5-22-57(23-6-1)66-34-21-35-67(58-24-7-2-8-25-58)88(66)77-56-87(96-81-39-20-16-33-71(81)76-55-63(44-50-85(76)96)61-42-48-83-74(53-61)69-31-14-18-37-79(69)94(83)65-28-11-4-12-29-65)92-90-72(77)46-40-59-45-51-86(91-89(59)90)95-80-38-19-15-32-70(80)75-54-62(43-49-84(75)95)60-41-47-82-73(52-60)68-30-13-17-36-78(68)93(82)64-26-9-3-10-27-64/h1-56H. The van der Waals surface area contributed by atoms with E-state index in [1.54, 1.807) is 0 Å². The summed E-state index contributed by atoms with van der Waals surface area (Å²) in [5.74, 6) is 1.63. The van der Waals surface area contributed by atoms with Crippen molar-refractivity contribution in [2.75, 3.05) is 0 Å². The maximum atomic E-state index is 5.95. The molecule has 0 N–H and O–H groups in total. The number of pyridine rings is 2. The Kier molecular flexibility index (Phi) is 11.9. The molecule has 6 aromatic heterocycles. The molecule has 0 aliphatic heterocycles. The molecule has 0 spiro atoms. The smallest absolute Gasteiger partial charge is 0.139 e. The van der Waals surface area contributed by atoms with Gasteiger partial charge in [0.15, 0.2) is 0 Å². The van der Waals surface area contributed by atoms with Gasteiger partial charge in [-0.15, -0.1) is 0 Å². The van der Waals surface area contributed by atoms with Crippen LogP contribution in [-0.4, -0.2) is 28.2 Å². The quantitative estimate of drug-likeness (QED) is 0.135. The predicted octanol–water partition coefficient (Wildman–Crippen LogP) is 23.5. The normalized spacial score (nSPS) is 12.0. The van der Waals surface area contributed by atoms with Gasteiger partial charge in [-0.3, -0.25) is 9.13 Å². The summed E-state index contributed by atoms with van der Waals surface area (Å²) in [5, 5.41) is 11.5. The third kappa shape index (κ3) is 8.25. The lowest BCUT2D eigenvalue weighted by molar-refractivity contribution is 1.09. The highest BCUT2D eigenvalue weighted by molar-refractivity contribution is 6.17. The summed E-state index contributed by atoms with van der Waals surface area (Å²) in [5.41, 5.74) is 24.4. The molecule has 0 fully saturated rings. The zero-order chi connectivity index (χ0) is 63.0. The summed E-state index contributed by atoms with van der Waals surface area (Å²) in [6.45, 7) is 0. The monoisotopic (exact) mass is 1220 g/mol. The minimum Gasteiger partial charge on any atom is -0.309 e. The molecule has 6 heterocycles. The predicted molar refractivity (Wildman–Crippen MR) is 402 cm³/mol. The van der Waals surface area contributed by atoms with Crippen molar-refractivity contribution < 1.29 is 0 Å². The number of hydrogen-bond acceptors (Lipinski definition) is 2. The van der Waals surface area contributed by atoms with E-state index in [2.05, 4.69) is 358 Å². The first-order valence-corrected chi connectivity index (χ1v) is 32.9. The van der Waals surface area contributed by atoms with E-state index in [0.717, 1.165) is 138 Å². The number of hydrogen-bond donors (Lipinski definition) is 0. The van der Waals surface area contributed by atoms with Crippen molar-refractivity contribution in [2.24, 2.45) is 0 Å². The van der Waals surface area contributed by atoms with Gasteiger partial charge in [-0.1, -0.05) is 224 Å². The summed E-state index contributed by atoms with van der Waals surface area (Å²) >= 11 is 0. The summed E-state index contributed by atoms with van der Waals surface area (Å²) in [7, 11) is 0. The average molecular weight is 1220 g/mol. The van der Waals surface area contributed by atoms with Gasteiger partial charge in [-0.25, -0.2) is 9.97 Å². The second-order valence-electron chi connectivity index (χ2n) is 25.2. The van der Waals surface area contributed by atoms with E-state index in [0.29, 0.717) is 0 Å². The Balaban J connectivity index is 0.799. The number of nitrogens with zero attached hydrogens (tertiary/aromatic N) is 6. The van der Waals surface area contributed by atoms with Crippen LogP contribution in [0.1, 0.15) is 0 Å². The minimum atomic E-state index is 0.806. The maximum Gasteiger partial charge on any atom is 0.139 e. The van der Waals surface area contributed by atoms with Gasteiger partial charge in [0.2, 0.25) is 0 Å². The Labute approximate surface area is 552 Å². The van der Waals surface area contributed by atoms with Crippen LogP contribution in [0.5, 0.6) is 0 Å². The first-order valence-electron chi connectivity index (χ1n) is 32.9. The molecule has 6 heteroatoms. The summed E-state index contributed by atoms with van der Waals surface area (Å²) < 4.78 is 9.48. The molecule has 96 heavy (non-hydrogen) atoms. The Morgan fingerprint density at radius 2 is 0.531 bits per heavy atom. The van der Waals surface area contributed by atoms with Crippen LogP contribution in [0.4, 0.5) is 0 Å². The first kappa shape index (κ1) is 53.7. The van der Waals surface area contributed by atoms with Gasteiger partial charge in [-0.05, 0) is 171 Å². The van der Waals surface area contributed by atoms with E-state index in [1.807, 2.05) is 0 Å². The lowest BCUT2D eigenvalue weighted by Crippen LogP contribution is -2.02. The van der Waals surface area contributed by atoms with Crippen molar-refractivity contribution in [1.82, 2.24) is 28.2 Å². The largest absolute Gasteiger partial charge is 0.309 e. The molecule has 0 unspecified atom stereocenters. The highest BCUT2D eigenvalue weighted by Crippen LogP contribution is 2.47. The van der Waals surface area contributed by atoms with Crippen molar-refractivity contribution in [2.45, 2.75) is 0 Å². The van der Waals surface area contributed by atoms with Gasteiger partial charge in [0.05, 0.1) is 55.2 Å². The number of rotatable bonds is 9. The lowest BCUT2D eigenvalue weighted by atomic mass is 9.86. The van der Waals surface area contributed by atoms with Crippen molar-refractivity contribution in [1.29, 1.82) is 0 Å². The molecule has 0 radical (unpaired) electrons. The molecule has 0 aliphatic carbocycles. The second kappa shape index (κ2) is 21.3. The maximum absolute atomic E-state index is 5.95. The summed E-state index contributed by atoms with van der Waals surface area (Å²) in [6.07, 6.45) is 0. The lowest BCUT2D eigenvalue weighted by Gasteiger charge is -2.20. The molecular weight excluding hydrogens is 1170 g/mol. The Morgan fingerprint density at radius 3 is 0.969 bits per heavy atom. The molecule has 20 aromatic rings. The summed E-state index contributed by atoms with van der Waals surface area (Å²) in [4.78, 5) is 11.8. The Morgan fingerprint density at radius 1 is 0.188 bits per heavy atom. The van der Waals surface area contributed by atoms with E-state index in [-0.39, 0.29) is 0 Å². The molecule has 0 bridgehead atoms. The molecule has 0 aliphatic rings. The number of para-hydroxylation sites is 6. The van der Waals surface area contributed by atoms with E-state index >= 15 is 0 Å². The fourth-order valence-electron chi connectivity index (χ4n) is 15.7. The van der Waals surface area contributed by atoms with Crippen LogP contribution in [-0.2, 0) is 0 Å². The van der Waals surface area contributed by atoms with Gasteiger partial charge in [0, 0.05) is 65.2 Å². The van der Waals surface area contributed by atoms with Crippen LogP contribution in [0.2, 0.25) is 0 Å². The van der Waals surface area contributed by atoms with Crippen LogP contribution in [0.15, 0.2) is 340 Å². The zero-order valence-electron chi connectivity index (χ0n) is 52.0. The van der Waals surface area contributed by atoms with E-state index < -0.39 is 0 Å². The van der Waals surface area contributed by atoms with Gasteiger partial charge in [0.25, 0.3) is 0 Å². The van der Waals surface area contributed by atoms with Gasteiger partial charge in [0.1, 0.15) is 11.6 Å². The van der Waals surface area contributed by atoms with Crippen molar-refractivity contribution in [3.63, 3.8) is 0 Å². The number of aromatic nitrogens is 6. The minimum absolute atomic E-state index is 0.806. The highest BCUT2D eigenvalue weighted by Gasteiger charge is 2.25. The van der Waals surface area contributed by atoms with Gasteiger partial charge >= 0.3 is 0 Å². The third-order valence-corrected chi connectivity index (χ3v) is 20.0. The van der Waals surface area contributed by atoms with Gasteiger partial charge < -0.3 is 9.13 Å². The van der Waals surface area contributed by atoms with Crippen LogP contribution >= 0.6 is 0 Å². The Hall–Kier alpha value is -12.9. The Bertz CT molecular complexity index is 6490. The van der Waals surface area contributed by atoms with E-state index in [4.69, 9.17) is 9.97 Å². The number of benzene rings is 14. The van der Waals surface area contributed by atoms with Crippen LogP contribution < -0.4 is 0 Å².